The van der Waals surface area contributed by atoms with E-state index in [2.05, 4.69) is 45.0 Å². The molecule has 2 nitrogen and oxygen atoms in total. The zero-order valence-corrected chi connectivity index (χ0v) is 12.2. The number of fused-ring (bicyclic) bond motifs is 2. The Bertz CT molecular complexity index is 442. The van der Waals surface area contributed by atoms with E-state index in [0.717, 1.165) is 12.8 Å². The van der Waals surface area contributed by atoms with Crippen LogP contribution >= 0.6 is 0 Å². The Balaban J connectivity index is 1.67. The molecule has 0 aromatic heterocycles. The first-order valence-corrected chi connectivity index (χ1v) is 7.40. The summed E-state index contributed by atoms with van der Waals surface area (Å²) in [6.45, 7) is 7.45. The van der Waals surface area contributed by atoms with E-state index >= 15 is 0 Å². The van der Waals surface area contributed by atoms with Crippen LogP contribution in [0, 0.1) is 5.92 Å². The molecule has 3 atom stereocenters. The number of rotatable bonds is 4. The van der Waals surface area contributed by atoms with Crippen LogP contribution in [-0.2, 0) is 16.1 Å². The molecule has 104 valence electrons. The van der Waals surface area contributed by atoms with E-state index in [-0.39, 0.29) is 17.3 Å². The van der Waals surface area contributed by atoms with Crippen LogP contribution < -0.4 is 0 Å². The molecule has 3 rings (SSSR count). The first kappa shape index (κ1) is 13.1. The van der Waals surface area contributed by atoms with Crippen molar-refractivity contribution in [3.63, 3.8) is 0 Å². The van der Waals surface area contributed by atoms with Gasteiger partial charge in [0.2, 0.25) is 0 Å². The molecule has 2 heteroatoms. The monoisotopic (exact) mass is 260 g/mol. The highest BCUT2D eigenvalue weighted by molar-refractivity contribution is 5.14. The molecule has 2 aliphatic heterocycles. The third kappa shape index (κ3) is 2.21. The van der Waals surface area contributed by atoms with Crippen LogP contribution in [0.5, 0.6) is 0 Å². The van der Waals surface area contributed by atoms with Crippen LogP contribution in [0.1, 0.15) is 45.6 Å². The van der Waals surface area contributed by atoms with Gasteiger partial charge < -0.3 is 9.47 Å². The second kappa shape index (κ2) is 4.60. The molecule has 2 bridgehead atoms. The zero-order chi connectivity index (χ0) is 13.5. The lowest BCUT2D eigenvalue weighted by Gasteiger charge is -2.31. The summed E-state index contributed by atoms with van der Waals surface area (Å²) < 4.78 is 12.6. The largest absolute Gasteiger partial charge is 0.370 e. The van der Waals surface area contributed by atoms with E-state index < -0.39 is 0 Å². The van der Waals surface area contributed by atoms with Gasteiger partial charge in [-0.05, 0) is 31.2 Å². The molecule has 1 aromatic carbocycles. The van der Waals surface area contributed by atoms with Crippen LogP contribution in [-0.4, -0.2) is 17.3 Å². The lowest BCUT2D eigenvalue weighted by atomic mass is 9.75. The predicted molar refractivity (Wildman–Crippen MR) is 75.9 cm³/mol. The molecule has 19 heavy (non-hydrogen) atoms. The van der Waals surface area contributed by atoms with Crippen molar-refractivity contribution in [1.82, 2.24) is 0 Å². The lowest BCUT2D eigenvalue weighted by molar-refractivity contribution is -0.0959. The van der Waals surface area contributed by atoms with Gasteiger partial charge in [-0.25, -0.2) is 0 Å². The molecule has 0 aliphatic carbocycles. The van der Waals surface area contributed by atoms with Gasteiger partial charge in [-0.1, -0.05) is 44.2 Å². The highest BCUT2D eigenvalue weighted by atomic mass is 16.6. The van der Waals surface area contributed by atoms with Crippen molar-refractivity contribution in [3.8, 4) is 0 Å². The summed E-state index contributed by atoms with van der Waals surface area (Å²) >= 11 is 0. The quantitative estimate of drug-likeness (QED) is 0.816. The fourth-order valence-electron chi connectivity index (χ4n) is 3.57. The van der Waals surface area contributed by atoms with Gasteiger partial charge in [-0.3, -0.25) is 0 Å². The number of hydrogen-bond acceptors (Lipinski definition) is 2. The molecule has 2 saturated heterocycles. The SMILES string of the molecule is CC(C)[C@@]12CC[C@@](C)(O1)[C@H](OCc1ccccc1)C2. The molecule has 1 aromatic rings. The van der Waals surface area contributed by atoms with Gasteiger partial charge in [0.25, 0.3) is 0 Å². The molecular formula is C17H24O2. The van der Waals surface area contributed by atoms with E-state index in [0.29, 0.717) is 12.5 Å². The molecule has 0 spiro atoms. The molecule has 0 radical (unpaired) electrons. The maximum Gasteiger partial charge on any atom is 0.0924 e. The van der Waals surface area contributed by atoms with Crippen molar-refractivity contribution in [1.29, 1.82) is 0 Å². The first-order chi connectivity index (χ1) is 9.04. The first-order valence-electron chi connectivity index (χ1n) is 7.40. The third-order valence-electron chi connectivity index (χ3n) is 5.04. The van der Waals surface area contributed by atoms with Gasteiger partial charge >= 0.3 is 0 Å². The zero-order valence-electron chi connectivity index (χ0n) is 12.2. The average molecular weight is 260 g/mol. The maximum absolute atomic E-state index is 6.38. The summed E-state index contributed by atoms with van der Waals surface area (Å²) in [5.74, 6) is 0.569. The van der Waals surface area contributed by atoms with Crippen LogP contribution in [0.4, 0.5) is 0 Å². The normalized spacial score (nSPS) is 37.2. The van der Waals surface area contributed by atoms with Crippen LogP contribution in [0.25, 0.3) is 0 Å². The molecule has 2 heterocycles. The molecule has 0 amide bonds. The van der Waals surface area contributed by atoms with E-state index in [9.17, 15) is 0 Å². The Labute approximate surface area is 116 Å². The van der Waals surface area contributed by atoms with Crippen molar-refractivity contribution >= 4 is 0 Å². The Hall–Kier alpha value is -0.860. The van der Waals surface area contributed by atoms with Gasteiger partial charge in [0, 0.05) is 6.42 Å². The average Bonchev–Trinajstić information content (AvgIpc) is 2.90. The lowest BCUT2D eigenvalue weighted by Crippen LogP contribution is -2.38. The Morgan fingerprint density at radius 1 is 1.26 bits per heavy atom. The maximum atomic E-state index is 6.38. The minimum Gasteiger partial charge on any atom is -0.370 e. The third-order valence-corrected chi connectivity index (χ3v) is 5.04. The second-order valence-corrected chi connectivity index (χ2v) is 6.62. The fraction of sp³-hybridized carbons (Fsp3) is 0.647. The summed E-state index contributed by atoms with van der Waals surface area (Å²) in [5, 5.41) is 0. The van der Waals surface area contributed by atoms with Gasteiger partial charge in [-0.2, -0.15) is 0 Å². The van der Waals surface area contributed by atoms with Gasteiger partial charge in [0.1, 0.15) is 0 Å². The van der Waals surface area contributed by atoms with Crippen molar-refractivity contribution in [3.05, 3.63) is 35.9 Å². The fourth-order valence-corrected chi connectivity index (χ4v) is 3.57. The van der Waals surface area contributed by atoms with Crippen molar-refractivity contribution in [2.24, 2.45) is 5.92 Å². The van der Waals surface area contributed by atoms with E-state index in [1.807, 2.05) is 6.07 Å². The van der Waals surface area contributed by atoms with Crippen LogP contribution in [0.2, 0.25) is 0 Å². The minimum absolute atomic E-state index is 0.0656. The number of ether oxygens (including phenoxy) is 2. The number of hydrogen-bond donors (Lipinski definition) is 0. The molecule has 0 saturated carbocycles. The van der Waals surface area contributed by atoms with Gasteiger partial charge in [0.05, 0.1) is 23.9 Å². The highest BCUT2D eigenvalue weighted by Crippen LogP contribution is 2.55. The summed E-state index contributed by atoms with van der Waals surface area (Å²) in [7, 11) is 0. The minimum atomic E-state index is -0.0704. The van der Waals surface area contributed by atoms with E-state index in [1.165, 1.54) is 12.0 Å². The smallest absolute Gasteiger partial charge is 0.0924 e. The Morgan fingerprint density at radius 3 is 2.63 bits per heavy atom. The van der Waals surface area contributed by atoms with Gasteiger partial charge in [-0.15, -0.1) is 0 Å². The molecule has 0 unspecified atom stereocenters. The second-order valence-electron chi connectivity index (χ2n) is 6.62. The highest BCUT2D eigenvalue weighted by Gasteiger charge is 2.60. The topological polar surface area (TPSA) is 18.5 Å². The van der Waals surface area contributed by atoms with E-state index in [1.54, 1.807) is 0 Å². The summed E-state index contributed by atoms with van der Waals surface area (Å²) in [6, 6.07) is 10.4. The summed E-state index contributed by atoms with van der Waals surface area (Å²) in [6.07, 6.45) is 3.61. The molecule has 2 aliphatic rings. The number of benzene rings is 1. The predicted octanol–water partition coefficient (Wildman–Crippen LogP) is 3.94. The molecule has 2 fully saturated rings. The van der Waals surface area contributed by atoms with E-state index in [4.69, 9.17) is 9.47 Å². The Kier molecular flexibility index (Phi) is 3.18. The van der Waals surface area contributed by atoms with Crippen molar-refractivity contribution in [2.75, 3.05) is 0 Å². The van der Waals surface area contributed by atoms with Gasteiger partial charge in [0.15, 0.2) is 0 Å². The van der Waals surface area contributed by atoms with Crippen molar-refractivity contribution in [2.45, 2.75) is 63.9 Å². The Morgan fingerprint density at radius 2 is 2.00 bits per heavy atom. The van der Waals surface area contributed by atoms with Crippen LogP contribution in [0.15, 0.2) is 30.3 Å². The summed E-state index contributed by atoms with van der Waals surface area (Å²) in [5.41, 5.74) is 1.24. The molecule has 0 N–H and O–H groups in total. The summed E-state index contributed by atoms with van der Waals surface area (Å²) in [4.78, 5) is 0. The van der Waals surface area contributed by atoms with Crippen LogP contribution in [0.3, 0.4) is 0 Å². The standard InChI is InChI=1S/C17H24O2/c1-13(2)17-10-9-16(3,19-17)15(11-17)18-12-14-7-5-4-6-8-14/h4-8,13,15H,9-12H2,1-3H3/t15-,16-,17+/m1/s1. The molecular weight excluding hydrogens is 236 g/mol. The van der Waals surface area contributed by atoms with Crippen molar-refractivity contribution < 1.29 is 9.47 Å².